The van der Waals surface area contributed by atoms with E-state index in [1.54, 1.807) is 4.90 Å². The molecule has 2 fully saturated rings. The van der Waals surface area contributed by atoms with E-state index in [-0.39, 0.29) is 24.3 Å². The first-order valence-corrected chi connectivity index (χ1v) is 10.9. The summed E-state index contributed by atoms with van der Waals surface area (Å²) < 4.78 is 11.2. The molecule has 1 aliphatic carbocycles. The van der Waals surface area contributed by atoms with Gasteiger partial charge in [0, 0.05) is 11.6 Å². The first-order valence-electron chi connectivity index (χ1n) is 10.9. The van der Waals surface area contributed by atoms with E-state index in [9.17, 15) is 9.59 Å². The highest BCUT2D eigenvalue weighted by molar-refractivity contribution is 5.87. The standard InChI is InChI=1S/C24H30N2O4/c1-24(2,3)30-23(28)20-13-17-11-7-8-12-19(17)26(20)21(27)14-18-15-29-22(25-18)16-9-5-4-6-10-16/h4-6,9-10,15,17,19-20H,7-8,11-14H2,1-3H3/t17-,19+,20+/m1/s1. The van der Waals surface area contributed by atoms with Crippen molar-refractivity contribution in [2.75, 3.05) is 0 Å². The van der Waals surface area contributed by atoms with Gasteiger partial charge >= 0.3 is 5.97 Å². The van der Waals surface area contributed by atoms with E-state index in [0.717, 1.165) is 31.2 Å². The third-order valence-corrected chi connectivity index (χ3v) is 5.96. The number of nitrogens with zero attached hydrogens (tertiary/aromatic N) is 2. The monoisotopic (exact) mass is 410 g/mol. The highest BCUT2D eigenvalue weighted by Crippen LogP contribution is 2.40. The summed E-state index contributed by atoms with van der Waals surface area (Å²) in [6, 6.07) is 9.22. The molecule has 3 atom stereocenters. The van der Waals surface area contributed by atoms with E-state index < -0.39 is 11.6 Å². The third-order valence-electron chi connectivity index (χ3n) is 5.96. The van der Waals surface area contributed by atoms with E-state index in [2.05, 4.69) is 4.98 Å². The second-order valence-corrected chi connectivity index (χ2v) is 9.38. The molecule has 0 bridgehead atoms. The second-order valence-electron chi connectivity index (χ2n) is 9.38. The van der Waals surface area contributed by atoms with Crippen molar-refractivity contribution in [3.05, 3.63) is 42.3 Å². The molecule has 4 rings (SSSR count). The molecule has 6 nitrogen and oxygen atoms in total. The maximum absolute atomic E-state index is 13.3. The van der Waals surface area contributed by atoms with Gasteiger partial charge in [-0.25, -0.2) is 9.78 Å². The Morgan fingerprint density at radius 3 is 2.63 bits per heavy atom. The summed E-state index contributed by atoms with van der Waals surface area (Å²) in [7, 11) is 0. The number of carbonyl (C=O) groups excluding carboxylic acids is 2. The van der Waals surface area contributed by atoms with Gasteiger partial charge < -0.3 is 14.1 Å². The van der Waals surface area contributed by atoms with Crippen LogP contribution in [0.3, 0.4) is 0 Å². The summed E-state index contributed by atoms with van der Waals surface area (Å²) >= 11 is 0. The van der Waals surface area contributed by atoms with Gasteiger partial charge in [-0.3, -0.25) is 4.79 Å². The van der Waals surface area contributed by atoms with Crippen LogP contribution in [0.1, 0.15) is 58.6 Å². The van der Waals surface area contributed by atoms with Crippen molar-refractivity contribution >= 4 is 11.9 Å². The van der Waals surface area contributed by atoms with Crippen LogP contribution in [0, 0.1) is 5.92 Å². The number of benzene rings is 1. The Morgan fingerprint density at radius 2 is 1.90 bits per heavy atom. The minimum absolute atomic E-state index is 0.0758. The topological polar surface area (TPSA) is 72.6 Å². The predicted octanol–water partition coefficient (Wildman–Crippen LogP) is 4.39. The Bertz CT molecular complexity index is 899. The second kappa shape index (κ2) is 8.25. The minimum Gasteiger partial charge on any atom is -0.458 e. The molecule has 2 heterocycles. The summed E-state index contributed by atoms with van der Waals surface area (Å²) in [5.41, 5.74) is 0.883. The Hall–Kier alpha value is -2.63. The average Bonchev–Trinajstić information content (AvgIpc) is 3.32. The molecule has 1 saturated carbocycles. The van der Waals surface area contributed by atoms with Gasteiger partial charge in [-0.15, -0.1) is 0 Å². The molecule has 160 valence electrons. The van der Waals surface area contributed by atoms with Gasteiger partial charge in [0.25, 0.3) is 0 Å². The maximum Gasteiger partial charge on any atom is 0.329 e. The fourth-order valence-corrected chi connectivity index (χ4v) is 4.75. The average molecular weight is 411 g/mol. The lowest BCUT2D eigenvalue weighted by atomic mass is 9.84. The molecule has 6 heteroatoms. The number of esters is 1. The molecule has 2 aliphatic rings. The summed E-state index contributed by atoms with van der Waals surface area (Å²) in [5.74, 6) is 0.500. The van der Waals surface area contributed by atoms with E-state index >= 15 is 0 Å². The molecule has 0 radical (unpaired) electrons. The van der Waals surface area contributed by atoms with Crippen molar-refractivity contribution < 1.29 is 18.7 Å². The molecule has 30 heavy (non-hydrogen) atoms. The van der Waals surface area contributed by atoms with Crippen molar-refractivity contribution in [3.8, 4) is 11.5 Å². The van der Waals surface area contributed by atoms with Gasteiger partial charge in [0.1, 0.15) is 17.9 Å². The van der Waals surface area contributed by atoms with Crippen LogP contribution in [0.2, 0.25) is 0 Å². The Labute approximate surface area is 177 Å². The lowest BCUT2D eigenvalue weighted by molar-refractivity contribution is -0.164. The fourth-order valence-electron chi connectivity index (χ4n) is 4.75. The van der Waals surface area contributed by atoms with Crippen LogP contribution in [0.15, 0.2) is 41.0 Å². The molecule has 1 aromatic carbocycles. The Morgan fingerprint density at radius 1 is 1.17 bits per heavy atom. The van der Waals surface area contributed by atoms with Crippen LogP contribution in [0.25, 0.3) is 11.5 Å². The van der Waals surface area contributed by atoms with Crippen LogP contribution in [-0.2, 0) is 20.7 Å². The van der Waals surface area contributed by atoms with Crippen molar-refractivity contribution in [2.45, 2.75) is 77.0 Å². The molecule has 2 aromatic rings. The summed E-state index contributed by atoms with van der Waals surface area (Å²) in [5, 5.41) is 0. The van der Waals surface area contributed by atoms with Crippen molar-refractivity contribution in [3.63, 3.8) is 0 Å². The van der Waals surface area contributed by atoms with Gasteiger partial charge in [-0.05, 0) is 58.1 Å². The Balaban J connectivity index is 1.52. The van der Waals surface area contributed by atoms with Gasteiger partial charge in [-0.2, -0.15) is 0 Å². The first kappa shape index (κ1) is 20.6. The lowest BCUT2D eigenvalue weighted by Crippen LogP contribution is -2.48. The molecule has 0 unspecified atom stereocenters. The van der Waals surface area contributed by atoms with Crippen LogP contribution in [0.5, 0.6) is 0 Å². The number of hydrogen-bond donors (Lipinski definition) is 0. The summed E-state index contributed by atoms with van der Waals surface area (Å²) in [6.07, 6.45) is 6.62. The fraction of sp³-hybridized carbons (Fsp3) is 0.542. The smallest absolute Gasteiger partial charge is 0.329 e. The van der Waals surface area contributed by atoms with E-state index in [0.29, 0.717) is 23.9 Å². The van der Waals surface area contributed by atoms with Crippen molar-refractivity contribution in [1.82, 2.24) is 9.88 Å². The van der Waals surface area contributed by atoms with Gasteiger partial charge in [0.15, 0.2) is 0 Å². The zero-order valence-electron chi connectivity index (χ0n) is 18.0. The summed E-state index contributed by atoms with van der Waals surface area (Å²) in [4.78, 5) is 32.5. The van der Waals surface area contributed by atoms with E-state index in [1.807, 2.05) is 51.1 Å². The highest BCUT2D eigenvalue weighted by Gasteiger charge is 2.48. The van der Waals surface area contributed by atoms with Crippen LogP contribution in [-0.4, -0.2) is 39.4 Å². The van der Waals surface area contributed by atoms with Crippen LogP contribution >= 0.6 is 0 Å². The molecule has 1 aromatic heterocycles. The van der Waals surface area contributed by atoms with E-state index in [1.165, 1.54) is 6.26 Å². The number of likely N-dealkylation sites (tertiary alicyclic amines) is 1. The number of fused-ring (bicyclic) bond motifs is 1. The Kier molecular flexibility index (Phi) is 5.67. The number of oxazole rings is 1. The van der Waals surface area contributed by atoms with Gasteiger partial charge in [-0.1, -0.05) is 31.0 Å². The molecule has 1 amide bonds. The normalized spacial score (nSPS) is 23.8. The number of carbonyl (C=O) groups is 2. The van der Waals surface area contributed by atoms with Crippen molar-refractivity contribution in [2.24, 2.45) is 5.92 Å². The number of amides is 1. The molecule has 1 aliphatic heterocycles. The molecule has 0 spiro atoms. The minimum atomic E-state index is -0.573. The molecular formula is C24H30N2O4. The quantitative estimate of drug-likeness (QED) is 0.699. The number of hydrogen-bond acceptors (Lipinski definition) is 5. The zero-order valence-corrected chi connectivity index (χ0v) is 18.0. The number of aromatic nitrogens is 1. The largest absolute Gasteiger partial charge is 0.458 e. The zero-order chi connectivity index (χ0) is 21.3. The lowest BCUT2D eigenvalue weighted by Gasteiger charge is -2.34. The van der Waals surface area contributed by atoms with E-state index in [4.69, 9.17) is 9.15 Å². The molecular weight excluding hydrogens is 380 g/mol. The molecule has 0 N–H and O–H groups in total. The predicted molar refractivity (Wildman–Crippen MR) is 112 cm³/mol. The third kappa shape index (κ3) is 4.42. The molecule has 1 saturated heterocycles. The van der Waals surface area contributed by atoms with Gasteiger partial charge in [0.05, 0.1) is 12.1 Å². The first-order chi connectivity index (χ1) is 14.3. The number of rotatable bonds is 4. The van der Waals surface area contributed by atoms with Gasteiger partial charge in [0.2, 0.25) is 11.8 Å². The highest BCUT2D eigenvalue weighted by atomic mass is 16.6. The SMILES string of the molecule is CC(C)(C)OC(=O)[C@@H]1C[C@H]2CCCC[C@@H]2N1C(=O)Cc1coc(-c2ccccc2)n1. The maximum atomic E-state index is 13.3. The van der Waals surface area contributed by atoms with Crippen LogP contribution in [0.4, 0.5) is 0 Å². The van der Waals surface area contributed by atoms with Crippen molar-refractivity contribution in [1.29, 1.82) is 0 Å². The summed E-state index contributed by atoms with van der Waals surface area (Å²) in [6.45, 7) is 5.58. The number of ether oxygens (including phenoxy) is 1. The van der Waals surface area contributed by atoms with Crippen LogP contribution < -0.4 is 0 Å².